The average Bonchev–Trinajstić information content (AvgIpc) is 3.29. The van der Waals surface area contributed by atoms with E-state index in [-0.39, 0.29) is 11.8 Å². The molecule has 25 heavy (non-hydrogen) atoms. The Kier molecular flexibility index (Phi) is 4.90. The maximum Gasteiger partial charge on any atom is 0.266 e. The zero-order valence-corrected chi connectivity index (χ0v) is 15.8. The molecule has 3 heterocycles. The normalized spacial score (nSPS) is 17.2. The fourth-order valence-corrected chi connectivity index (χ4v) is 5.60. The van der Waals surface area contributed by atoms with E-state index in [9.17, 15) is 9.59 Å². The summed E-state index contributed by atoms with van der Waals surface area (Å²) >= 11 is 3.03. The molecule has 1 saturated heterocycles. The number of carbonyl (C=O) groups excluding carboxylic acids is 2. The van der Waals surface area contributed by atoms with E-state index in [0.717, 1.165) is 55.8 Å². The highest BCUT2D eigenvalue weighted by Gasteiger charge is 2.30. The first-order valence-electron chi connectivity index (χ1n) is 9.02. The van der Waals surface area contributed by atoms with Crippen LogP contribution < -0.4 is 5.32 Å². The number of aryl methyl sites for hydroxylation is 1. The van der Waals surface area contributed by atoms with Crippen molar-refractivity contribution in [3.8, 4) is 0 Å². The van der Waals surface area contributed by atoms with Gasteiger partial charge >= 0.3 is 0 Å². The van der Waals surface area contributed by atoms with Gasteiger partial charge in [0.2, 0.25) is 0 Å². The SMILES string of the molecule is O=C(Nc1sc2c(c1C(=O)N1CCCCC1)CCCC2)c1cccs1. The summed E-state index contributed by atoms with van der Waals surface area (Å²) < 4.78 is 0. The smallest absolute Gasteiger partial charge is 0.266 e. The number of anilines is 1. The highest BCUT2D eigenvalue weighted by Crippen LogP contribution is 2.39. The van der Waals surface area contributed by atoms with Crippen molar-refractivity contribution in [1.82, 2.24) is 4.90 Å². The number of thiophene rings is 2. The standard InChI is InChI=1S/C19H22N2O2S2/c22-17(15-9-6-12-24-15)20-18-16(13-7-2-3-8-14(13)25-18)19(23)21-10-4-1-5-11-21/h6,9,12H,1-5,7-8,10-11H2,(H,20,22). The van der Waals surface area contributed by atoms with Gasteiger partial charge in [0.1, 0.15) is 5.00 Å². The molecule has 132 valence electrons. The molecule has 0 bridgehead atoms. The Balaban J connectivity index is 1.66. The third-order valence-corrected chi connectivity index (χ3v) is 7.08. The summed E-state index contributed by atoms with van der Waals surface area (Å²) in [5, 5.41) is 5.68. The molecule has 1 fully saturated rings. The van der Waals surface area contributed by atoms with Crippen LogP contribution in [0.2, 0.25) is 0 Å². The van der Waals surface area contributed by atoms with Crippen molar-refractivity contribution < 1.29 is 9.59 Å². The molecule has 4 rings (SSSR count). The predicted molar refractivity (Wildman–Crippen MR) is 103 cm³/mol. The number of fused-ring (bicyclic) bond motifs is 1. The lowest BCUT2D eigenvalue weighted by molar-refractivity contribution is 0.0724. The number of hydrogen-bond acceptors (Lipinski definition) is 4. The molecule has 2 amide bonds. The first-order chi connectivity index (χ1) is 12.2. The number of piperidine rings is 1. The molecule has 0 spiro atoms. The van der Waals surface area contributed by atoms with E-state index in [4.69, 9.17) is 0 Å². The molecule has 4 nitrogen and oxygen atoms in total. The van der Waals surface area contributed by atoms with Gasteiger partial charge in [-0.3, -0.25) is 9.59 Å². The van der Waals surface area contributed by atoms with Crippen LogP contribution in [0.3, 0.4) is 0 Å². The van der Waals surface area contributed by atoms with Gasteiger partial charge in [-0.2, -0.15) is 0 Å². The Bertz CT molecular complexity index is 774. The maximum absolute atomic E-state index is 13.2. The molecule has 0 atom stereocenters. The van der Waals surface area contributed by atoms with Crippen LogP contribution in [0.5, 0.6) is 0 Å². The average molecular weight is 375 g/mol. The fourth-order valence-electron chi connectivity index (χ4n) is 3.71. The van der Waals surface area contributed by atoms with E-state index in [0.29, 0.717) is 4.88 Å². The lowest BCUT2D eigenvalue weighted by Gasteiger charge is -2.27. The van der Waals surface area contributed by atoms with E-state index >= 15 is 0 Å². The first kappa shape index (κ1) is 16.8. The van der Waals surface area contributed by atoms with Crippen LogP contribution in [0.1, 0.15) is 62.6 Å². The molecule has 2 aromatic rings. The van der Waals surface area contributed by atoms with Crippen molar-refractivity contribution in [2.75, 3.05) is 18.4 Å². The predicted octanol–water partition coefficient (Wildman–Crippen LogP) is 4.57. The van der Waals surface area contributed by atoms with Gasteiger partial charge in [-0.1, -0.05) is 6.07 Å². The van der Waals surface area contributed by atoms with Crippen LogP contribution in [0, 0.1) is 0 Å². The molecule has 0 unspecified atom stereocenters. The number of hydrogen-bond donors (Lipinski definition) is 1. The van der Waals surface area contributed by atoms with Crippen molar-refractivity contribution >= 4 is 39.5 Å². The van der Waals surface area contributed by atoms with Gasteiger partial charge in [0, 0.05) is 18.0 Å². The van der Waals surface area contributed by atoms with Crippen molar-refractivity contribution in [1.29, 1.82) is 0 Å². The lowest BCUT2D eigenvalue weighted by Crippen LogP contribution is -2.36. The lowest BCUT2D eigenvalue weighted by atomic mass is 9.94. The monoisotopic (exact) mass is 374 g/mol. The summed E-state index contributed by atoms with van der Waals surface area (Å²) in [7, 11) is 0. The Labute approximate surface area is 155 Å². The molecule has 6 heteroatoms. The number of likely N-dealkylation sites (tertiary alicyclic amines) is 1. The van der Waals surface area contributed by atoms with E-state index in [1.807, 2.05) is 22.4 Å². The molecule has 0 aromatic carbocycles. The van der Waals surface area contributed by atoms with E-state index in [2.05, 4.69) is 5.32 Å². The third-order valence-electron chi connectivity index (χ3n) is 5.00. The molecular weight excluding hydrogens is 352 g/mol. The molecule has 2 aromatic heterocycles. The zero-order valence-electron chi connectivity index (χ0n) is 14.2. The zero-order chi connectivity index (χ0) is 17.2. The van der Waals surface area contributed by atoms with Crippen LogP contribution >= 0.6 is 22.7 Å². The van der Waals surface area contributed by atoms with Crippen molar-refractivity contribution in [2.24, 2.45) is 0 Å². The minimum atomic E-state index is -0.110. The minimum absolute atomic E-state index is 0.110. The van der Waals surface area contributed by atoms with Crippen LogP contribution in [0.15, 0.2) is 17.5 Å². The topological polar surface area (TPSA) is 49.4 Å². The minimum Gasteiger partial charge on any atom is -0.339 e. The van der Waals surface area contributed by atoms with Crippen molar-refractivity contribution in [3.05, 3.63) is 38.4 Å². The third kappa shape index (κ3) is 3.37. The summed E-state index contributed by atoms with van der Waals surface area (Å²) in [5.74, 6) is 0.00173. The molecule has 0 radical (unpaired) electrons. The van der Waals surface area contributed by atoms with Gasteiger partial charge in [0.05, 0.1) is 10.4 Å². The molecule has 0 saturated carbocycles. The Morgan fingerprint density at radius 1 is 1.04 bits per heavy atom. The number of nitrogens with zero attached hydrogens (tertiary/aromatic N) is 1. The van der Waals surface area contributed by atoms with E-state index < -0.39 is 0 Å². The van der Waals surface area contributed by atoms with Crippen LogP contribution in [0.25, 0.3) is 0 Å². The summed E-state index contributed by atoms with van der Waals surface area (Å²) in [5.41, 5.74) is 1.96. The summed E-state index contributed by atoms with van der Waals surface area (Å²) in [6, 6.07) is 3.69. The highest BCUT2D eigenvalue weighted by atomic mass is 32.1. The van der Waals surface area contributed by atoms with Crippen molar-refractivity contribution in [3.63, 3.8) is 0 Å². The van der Waals surface area contributed by atoms with Crippen LogP contribution in [-0.4, -0.2) is 29.8 Å². The highest BCUT2D eigenvalue weighted by molar-refractivity contribution is 7.17. The molecule has 1 N–H and O–H groups in total. The summed E-state index contributed by atoms with van der Waals surface area (Å²) in [6.07, 6.45) is 7.63. The summed E-state index contributed by atoms with van der Waals surface area (Å²) in [4.78, 5) is 29.7. The number of carbonyl (C=O) groups is 2. The maximum atomic E-state index is 13.2. The largest absolute Gasteiger partial charge is 0.339 e. The number of rotatable bonds is 3. The second-order valence-electron chi connectivity index (χ2n) is 6.70. The van der Waals surface area contributed by atoms with Gasteiger partial charge in [-0.05, 0) is 62.0 Å². The Hall–Kier alpha value is -1.66. The fraction of sp³-hybridized carbons (Fsp3) is 0.474. The van der Waals surface area contributed by atoms with Gasteiger partial charge in [0.25, 0.3) is 11.8 Å². The second kappa shape index (κ2) is 7.30. The van der Waals surface area contributed by atoms with Gasteiger partial charge in [-0.15, -0.1) is 22.7 Å². The van der Waals surface area contributed by atoms with Crippen LogP contribution in [-0.2, 0) is 12.8 Å². The molecular formula is C19H22N2O2S2. The summed E-state index contributed by atoms with van der Waals surface area (Å²) in [6.45, 7) is 1.67. The number of nitrogens with one attached hydrogen (secondary N) is 1. The van der Waals surface area contributed by atoms with E-state index in [1.165, 1.54) is 34.6 Å². The second-order valence-corrected chi connectivity index (χ2v) is 8.75. The van der Waals surface area contributed by atoms with Gasteiger partial charge in [0.15, 0.2) is 0 Å². The van der Waals surface area contributed by atoms with Crippen molar-refractivity contribution in [2.45, 2.75) is 44.9 Å². The molecule has 1 aliphatic carbocycles. The molecule has 1 aliphatic heterocycles. The molecule has 2 aliphatic rings. The van der Waals surface area contributed by atoms with Gasteiger partial charge in [-0.25, -0.2) is 0 Å². The van der Waals surface area contributed by atoms with Crippen LogP contribution in [0.4, 0.5) is 5.00 Å². The van der Waals surface area contributed by atoms with E-state index in [1.54, 1.807) is 11.3 Å². The Morgan fingerprint density at radius 3 is 2.60 bits per heavy atom. The Morgan fingerprint density at radius 2 is 1.84 bits per heavy atom. The number of amides is 2. The van der Waals surface area contributed by atoms with Gasteiger partial charge < -0.3 is 10.2 Å². The quantitative estimate of drug-likeness (QED) is 0.856. The first-order valence-corrected chi connectivity index (χ1v) is 10.7.